The maximum absolute atomic E-state index is 13.2. The van der Waals surface area contributed by atoms with Gasteiger partial charge in [-0.1, -0.05) is 51.3 Å². The average molecular weight is 635 g/mol. The van der Waals surface area contributed by atoms with E-state index in [1.54, 1.807) is 24.3 Å². The maximum Gasteiger partial charge on any atom is 0.534 e. The fraction of sp³-hybridized carbons (Fsp3) is 0.412. The molecule has 0 spiro atoms. The van der Waals surface area contributed by atoms with Crippen molar-refractivity contribution in [2.75, 3.05) is 25.0 Å². The molecule has 2 aromatic carbocycles. The van der Waals surface area contributed by atoms with Crippen molar-refractivity contribution in [1.29, 1.82) is 0 Å². The zero-order valence-corrected chi connectivity index (χ0v) is 26.3. The van der Waals surface area contributed by atoms with Gasteiger partial charge in [-0.05, 0) is 59.7 Å². The van der Waals surface area contributed by atoms with Crippen molar-refractivity contribution in [3.63, 3.8) is 0 Å². The molecule has 0 saturated heterocycles. The van der Waals surface area contributed by atoms with Gasteiger partial charge in [0, 0.05) is 55.2 Å². The molecule has 46 heavy (non-hydrogen) atoms. The normalized spacial score (nSPS) is 13.0. The molecule has 4 rings (SSSR count). The summed E-state index contributed by atoms with van der Waals surface area (Å²) in [5.41, 5.74) is 3.95. The number of carbonyl (C=O) groups excluding carboxylic acids is 4. The lowest BCUT2D eigenvalue weighted by Gasteiger charge is -2.15. The SMILES string of the molecule is CCCCCNC(=O)CCCC(=O)Nc1ccc2c(c1)C(COC(=O)On1c(O)ccc1O)c1cccc(C(=O)NCCCC)c1-2. The predicted octanol–water partition coefficient (Wildman–Crippen LogP) is 5.22. The van der Waals surface area contributed by atoms with Crippen LogP contribution in [-0.4, -0.2) is 58.5 Å². The zero-order valence-electron chi connectivity index (χ0n) is 26.3. The minimum absolute atomic E-state index is 0.0719. The lowest BCUT2D eigenvalue weighted by Crippen LogP contribution is -2.25. The highest BCUT2D eigenvalue weighted by molar-refractivity contribution is 6.04. The van der Waals surface area contributed by atoms with E-state index in [9.17, 15) is 29.4 Å². The molecule has 3 aromatic rings. The van der Waals surface area contributed by atoms with Crippen molar-refractivity contribution in [3.05, 3.63) is 65.2 Å². The van der Waals surface area contributed by atoms with Crippen LogP contribution in [0.3, 0.4) is 0 Å². The van der Waals surface area contributed by atoms with Crippen LogP contribution in [0.25, 0.3) is 11.1 Å². The van der Waals surface area contributed by atoms with Gasteiger partial charge < -0.3 is 30.9 Å². The van der Waals surface area contributed by atoms with Crippen molar-refractivity contribution in [1.82, 2.24) is 15.4 Å². The number of benzene rings is 2. The number of rotatable bonds is 16. The van der Waals surface area contributed by atoms with E-state index in [0.717, 1.165) is 60.9 Å². The van der Waals surface area contributed by atoms with Crippen molar-refractivity contribution in [2.45, 2.75) is 71.1 Å². The maximum atomic E-state index is 13.2. The van der Waals surface area contributed by atoms with E-state index in [0.29, 0.717) is 41.1 Å². The first kappa shape index (κ1) is 33.9. The van der Waals surface area contributed by atoms with Crippen LogP contribution in [0.1, 0.15) is 92.6 Å². The van der Waals surface area contributed by atoms with Crippen LogP contribution in [0.5, 0.6) is 11.8 Å². The Balaban J connectivity index is 1.49. The molecule has 1 heterocycles. The van der Waals surface area contributed by atoms with E-state index >= 15 is 0 Å². The smallest absolute Gasteiger partial charge is 0.492 e. The second-order valence-electron chi connectivity index (χ2n) is 11.2. The number of amides is 3. The number of ether oxygens (including phenoxy) is 1. The summed E-state index contributed by atoms with van der Waals surface area (Å²) < 4.78 is 5.94. The third-order valence-corrected chi connectivity index (χ3v) is 7.75. The van der Waals surface area contributed by atoms with Gasteiger partial charge in [-0.15, -0.1) is 4.73 Å². The van der Waals surface area contributed by atoms with E-state index in [1.165, 1.54) is 0 Å². The van der Waals surface area contributed by atoms with Crippen LogP contribution < -0.4 is 20.8 Å². The number of anilines is 1. The number of aromatic nitrogens is 1. The van der Waals surface area contributed by atoms with Crippen LogP contribution in [0, 0.1) is 0 Å². The van der Waals surface area contributed by atoms with Gasteiger partial charge >= 0.3 is 6.16 Å². The zero-order chi connectivity index (χ0) is 33.1. The number of nitrogens with one attached hydrogen (secondary N) is 3. The van der Waals surface area contributed by atoms with Crippen LogP contribution >= 0.6 is 0 Å². The minimum atomic E-state index is -1.16. The van der Waals surface area contributed by atoms with Crippen molar-refractivity contribution in [3.8, 4) is 22.9 Å². The summed E-state index contributed by atoms with van der Waals surface area (Å²) in [5, 5.41) is 28.3. The summed E-state index contributed by atoms with van der Waals surface area (Å²) in [6, 6.07) is 13.0. The summed E-state index contributed by atoms with van der Waals surface area (Å²) >= 11 is 0. The molecule has 0 saturated carbocycles. The molecule has 0 bridgehead atoms. The van der Waals surface area contributed by atoms with Crippen molar-refractivity contribution >= 4 is 29.6 Å². The Morgan fingerprint density at radius 2 is 1.52 bits per heavy atom. The van der Waals surface area contributed by atoms with E-state index in [-0.39, 0.29) is 37.2 Å². The number of fused-ring (bicyclic) bond motifs is 3. The Bertz CT molecular complexity index is 1530. The minimum Gasteiger partial charge on any atom is -0.492 e. The Labute approximate surface area is 268 Å². The Kier molecular flexibility index (Phi) is 12.0. The van der Waals surface area contributed by atoms with Crippen LogP contribution in [0.4, 0.5) is 10.5 Å². The molecule has 0 radical (unpaired) electrons. The topological polar surface area (TPSA) is 168 Å². The third kappa shape index (κ3) is 8.58. The first-order valence-electron chi connectivity index (χ1n) is 15.8. The predicted molar refractivity (Wildman–Crippen MR) is 172 cm³/mol. The molecule has 5 N–H and O–H groups in total. The van der Waals surface area contributed by atoms with E-state index < -0.39 is 23.8 Å². The second-order valence-corrected chi connectivity index (χ2v) is 11.2. The number of nitrogens with zero attached hydrogens (tertiary/aromatic N) is 1. The molecule has 0 fully saturated rings. The molecule has 1 aromatic heterocycles. The first-order valence-corrected chi connectivity index (χ1v) is 15.8. The van der Waals surface area contributed by atoms with Gasteiger partial charge in [0.05, 0.1) is 0 Å². The average Bonchev–Trinajstić information content (AvgIpc) is 3.53. The first-order chi connectivity index (χ1) is 22.2. The highest BCUT2D eigenvalue weighted by Gasteiger charge is 2.33. The molecule has 1 aliphatic rings. The van der Waals surface area contributed by atoms with Gasteiger partial charge in [0.25, 0.3) is 5.91 Å². The van der Waals surface area contributed by atoms with Gasteiger partial charge in [0.1, 0.15) is 6.61 Å². The fourth-order valence-electron chi connectivity index (χ4n) is 5.40. The molecule has 0 aliphatic heterocycles. The Morgan fingerprint density at radius 1 is 0.804 bits per heavy atom. The van der Waals surface area contributed by atoms with Crippen LogP contribution in [-0.2, 0) is 14.3 Å². The van der Waals surface area contributed by atoms with E-state index in [2.05, 4.69) is 22.9 Å². The molecule has 1 aliphatic carbocycles. The molecule has 246 valence electrons. The standard InChI is InChI=1S/C34H42N4O8/c1-3-5-7-19-35-28(39)12-9-13-29(40)37-22-14-15-24-26(20-22)27(21-45-34(44)46-38-30(41)16-17-31(38)42)23-10-8-11-25(32(23)24)33(43)36-18-6-4-2/h8,10-11,14-17,20,27,41-42H,3-7,9,12-13,18-19,21H2,1-2H3,(H,35,39)(H,36,43)(H,37,40). The van der Waals surface area contributed by atoms with Crippen LogP contribution in [0.15, 0.2) is 48.5 Å². The molecular weight excluding hydrogens is 592 g/mol. The number of aromatic hydroxyl groups is 2. The van der Waals surface area contributed by atoms with E-state index in [4.69, 9.17) is 9.57 Å². The second kappa shape index (κ2) is 16.4. The highest BCUT2D eigenvalue weighted by atomic mass is 16.8. The lowest BCUT2D eigenvalue weighted by atomic mass is 9.96. The number of unbranched alkanes of at least 4 members (excludes halogenated alkanes) is 3. The third-order valence-electron chi connectivity index (χ3n) is 7.75. The summed E-state index contributed by atoms with van der Waals surface area (Å²) in [6.45, 7) is 5.13. The number of hydrogen-bond acceptors (Lipinski definition) is 8. The van der Waals surface area contributed by atoms with Gasteiger partial charge in [-0.25, -0.2) is 4.79 Å². The summed E-state index contributed by atoms with van der Waals surface area (Å²) in [6.07, 6.45) is 4.51. The van der Waals surface area contributed by atoms with Crippen LogP contribution in [0.2, 0.25) is 0 Å². The highest BCUT2D eigenvalue weighted by Crippen LogP contribution is 2.47. The molecule has 12 heteroatoms. The lowest BCUT2D eigenvalue weighted by molar-refractivity contribution is -0.121. The summed E-state index contributed by atoms with van der Waals surface area (Å²) in [7, 11) is 0. The van der Waals surface area contributed by atoms with Gasteiger partial charge in [-0.3, -0.25) is 19.2 Å². The van der Waals surface area contributed by atoms with Gasteiger partial charge in [-0.2, -0.15) is 0 Å². The molecular formula is C34H42N4O8. The van der Waals surface area contributed by atoms with Gasteiger partial charge in [0.2, 0.25) is 23.6 Å². The largest absolute Gasteiger partial charge is 0.534 e. The fourth-order valence-corrected chi connectivity index (χ4v) is 5.40. The summed E-state index contributed by atoms with van der Waals surface area (Å²) in [5.74, 6) is -2.02. The monoisotopic (exact) mass is 634 g/mol. The Hall–Kier alpha value is -5.00. The summed E-state index contributed by atoms with van der Waals surface area (Å²) in [4.78, 5) is 55.5. The van der Waals surface area contributed by atoms with E-state index in [1.807, 2.05) is 19.1 Å². The van der Waals surface area contributed by atoms with Gasteiger partial charge in [0.15, 0.2) is 0 Å². The number of hydrogen-bond donors (Lipinski definition) is 5. The molecule has 1 unspecified atom stereocenters. The molecule has 12 nitrogen and oxygen atoms in total. The quantitative estimate of drug-likeness (QED) is 0.106. The Morgan fingerprint density at radius 3 is 2.26 bits per heavy atom. The molecule has 1 atom stereocenters. The number of carbonyl (C=O) groups is 4. The molecule has 3 amide bonds. The van der Waals surface area contributed by atoms with Crippen molar-refractivity contribution in [2.24, 2.45) is 0 Å². The van der Waals surface area contributed by atoms with Crippen molar-refractivity contribution < 1.29 is 39.0 Å².